The minimum absolute atomic E-state index is 0.231. The topological polar surface area (TPSA) is 35.5 Å². The molecule has 0 aromatic rings. The summed E-state index contributed by atoms with van der Waals surface area (Å²) in [6, 6.07) is 7.15. The molecule has 2 rings (SSSR count). The van der Waals surface area contributed by atoms with E-state index in [1.165, 1.54) is 36.3 Å². The third-order valence-electron chi connectivity index (χ3n) is 8.07. The standard InChI is InChI=1S/C22H44O3Si2/c1-7-26(8-2,9-3)24-21-17-18-16-19(23)14-13-15-20(18)22(21)25-27(10-4,11-5)12-6/h18,20-22H,7-17H2,1-6H3/t18-,20+,21-,22+/m1/s1. The van der Waals surface area contributed by atoms with Gasteiger partial charge in [0.05, 0.1) is 12.2 Å². The van der Waals surface area contributed by atoms with Crippen molar-refractivity contribution in [1.29, 1.82) is 0 Å². The summed E-state index contributed by atoms with van der Waals surface area (Å²) in [6.45, 7) is 13.9. The first kappa shape index (κ1) is 23.3. The largest absolute Gasteiger partial charge is 0.411 e. The van der Waals surface area contributed by atoms with Gasteiger partial charge >= 0.3 is 0 Å². The Balaban J connectivity index is 2.30. The van der Waals surface area contributed by atoms with Crippen molar-refractivity contribution in [3.05, 3.63) is 0 Å². The highest BCUT2D eigenvalue weighted by molar-refractivity contribution is 6.74. The van der Waals surface area contributed by atoms with E-state index in [0.29, 0.717) is 17.6 Å². The molecule has 2 saturated carbocycles. The third kappa shape index (κ3) is 5.15. The van der Waals surface area contributed by atoms with Gasteiger partial charge in [-0.05, 0) is 67.4 Å². The summed E-state index contributed by atoms with van der Waals surface area (Å²) in [7, 11) is -3.36. The molecule has 2 aliphatic rings. The van der Waals surface area contributed by atoms with Gasteiger partial charge in [-0.3, -0.25) is 4.79 Å². The second-order valence-corrected chi connectivity index (χ2v) is 18.5. The lowest BCUT2D eigenvalue weighted by molar-refractivity contribution is -0.119. The van der Waals surface area contributed by atoms with Gasteiger partial charge in [-0.15, -0.1) is 0 Å². The molecule has 158 valence electrons. The van der Waals surface area contributed by atoms with Gasteiger partial charge in [0.1, 0.15) is 5.78 Å². The Hall–Kier alpha value is 0.0238. The average Bonchev–Trinajstić information content (AvgIpc) is 2.87. The SMILES string of the molecule is CC[Si](CC)(CC)O[C@H]1[C@H]2CCCC(=O)C[C@@H]2C[C@H]1O[Si](CC)(CC)CC. The van der Waals surface area contributed by atoms with Crippen LogP contribution in [0, 0.1) is 11.8 Å². The molecule has 0 N–H and O–H groups in total. The maximum Gasteiger partial charge on any atom is 0.192 e. The lowest BCUT2D eigenvalue weighted by Crippen LogP contribution is -2.49. The number of carbonyl (C=O) groups excluding carboxylic acids is 1. The highest BCUT2D eigenvalue weighted by atomic mass is 28.4. The molecule has 2 aliphatic carbocycles. The molecule has 2 fully saturated rings. The number of hydrogen-bond donors (Lipinski definition) is 0. The quantitative estimate of drug-likeness (QED) is 0.382. The van der Waals surface area contributed by atoms with Crippen molar-refractivity contribution in [3.8, 4) is 0 Å². The van der Waals surface area contributed by atoms with Crippen LogP contribution < -0.4 is 0 Å². The van der Waals surface area contributed by atoms with Crippen molar-refractivity contribution < 1.29 is 13.6 Å². The van der Waals surface area contributed by atoms with Gasteiger partial charge in [0.25, 0.3) is 0 Å². The van der Waals surface area contributed by atoms with Crippen LogP contribution in [0.1, 0.15) is 73.6 Å². The van der Waals surface area contributed by atoms with Gasteiger partial charge in [-0.25, -0.2) is 0 Å². The molecule has 0 heterocycles. The molecule has 0 unspecified atom stereocenters. The highest BCUT2D eigenvalue weighted by Gasteiger charge is 2.50. The zero-order chi connectivity index (χ0) is 20.1. The van der Waals surface area contributed by atoms with E-state index in [0.717, 1.165) is 32.1 Å². The third-order valence-corrected chi connectivity index (χ3v) is 17.4. The molecule has 0 aromatic heterocycles. The van der Waals surface area contributed by atoms with E-state index < -0.39 is 16.6 Å². The van der Waals surface area contributed by atoms with Crippen molar-refractivity contribution in [2.75, 3.05) is 0 Å². The summed E-state index contributed by atoms with van der Waals surface area (Å²) in [5.41, 5.74) is 0. The molecule has 0 spiro atoms. The molecule has 0 radical (unpaired) electrons. The van der Waals surface area contributed by atoms with Crippen LogP contribution in [-0.4, -0.2) is 34.6 Å². The van der Waals surface area contributed by atoms with Crippen LogP contribution in [0.25, 0.3) is 0 Å². The molecule has 0 amide bonds. The van der Waals surface area contributed by atoms with Crippen LogP contribution in [-0.2, 0) is 13.6 Å². The monoisotopic (exact) mass is 412 g/mol. The molecule has 3 nitrogen and oxygen atoms in total. The van der Waals surface area contributed by atoms with Gasteiger partial charge in [-0.2, -0.15) is 0 Å². The number of carbonyl (C=O) groups is 1. The molecule has 5 heteroatoms. The van der Waals surface area contributed by atoms with Crippen molar-refractivity contribution in [2.45, 2.75) is 122 Å². The van der Waals surface area contributed by atoms with Crippen molar-refractivity contribution >= 4 is 22.4 Å². The predicted octanol–water partition coefficient (Wildman–Crippen LogP) is 6.55. The first-order chi connectivity index (χ1) is 12.9. The van der Waals surface area contributed by atoms with Crippen LogP contribution in [0.2, 0.25) is 36.3 Å². The zero-order valence-electron chi connectivity index (χ0n) is 18.8. The van der Waals surface area contributed by atoms with Crippen LogP contribution in [0.15, 0.2) is 0 Å². The Bertz CT molecular complexity index is 458. The molecule has 4 atom stereocenters. The van der Waals surface area contributed by atoms with Gasteiger partial charge in [0.2, 0.25) is 0 Å². The molecule has 0 saturated heterocycles. The Labute approximate surface area is 170 Å². The van der Waals surface area contributed by atoms with Crippen molar-refractivity contribution in [2.24, 2.45) is 11.8 Å². The van der Waals surface area contributed by atoms with Gasteiger partial charge in [-0.1, -0.05) is 41.5 Å². The molecular formula is C22H44O3Si2. The molecule has 0 aliphatic heterocycles. The Morgan fingerprint density at radius 1 is 0.852 bits per heavy atom. The normalized spacial score (nSPS) is 29.6. The van der Waals surface area contributed by atoms with E-state index in [1.54, 1.807) is 0 Å². The first-order valence-electron chi connectivity index (χ1n) is 11.8. The maximum absolute atomic E-state index is 12.3. The summed E-state index contributed by atoms with van der Waals surface area (Å²) < 4.78 is 14.2. The fraction of sp³-hybridized carbons (Fsp3) is 0.955. The minimum Gasteiger partial charge on any atom is -0.411 e. The van der Waals surface area contributed by atoms with Gasteiger partial charge in [0.15, 0.2) is 16.6 Å². The highest BCUT2D eigenvalue weighted by Crippen LogP contribution is 2.46. The van der Waals surface area contributed by atoms with Crippen molar-refractivity contribution in [1.82, 2.24) is 0 Å². The Morgan fingerprint density at radius 3 is 1.89 bits per heavy atom. The van der Waals surface area contributed by atoms with E-state index in [2.05, 4.69) is 41.5 Å². The molecule has 0 aromatic carbocycles. The summed E-state index contributed by atoms with van der Waals surface area (Å²) in [6.07, 6.45) is 5.27. The van der Waals surface area contributed by atoms with E-state index in [1.807, 2.05) is 0 Å². The number of rotatable bonds is 10. The fourth-order valence-electron chi connectivity index (χ4n) is 5.60. The summed E-state index contributed by atoms with van der Waals surface area (Å²) in [4.78, 5) is 12.3. The number of Topliss-reactive ketones (excluding diaryl/α,β-unsaturated/α-hetero) is 1. The second kappa shape index (κ2) is 10.2. The average molecular weight is 413 g/mol. The fourth-order valence-corrected chi connectivity index (χ4v) is 11.4. The number of fused-ring (bicyclic) bond motifs is 1. The second-order valence-electron chi connectivity index (χ2n) is 9.02. The van der Waals surface area contributed by atoms with Crippen LogP contribution in [0.5, 0.6) is 0 Å². The van der Waals surface area contributed by atoms with Gasteiger partial charge < -0.3 is 8.85 Å². The molecular weight excluding hydrogens is 368 g/mol. The smallest absolute Gasteiger partial charge is 0.192 e. The minimum atomic E-state index is -1.69. The van der Waals surface area contributed by atoms with E-state index in [9.17, 15) is 4.79 Å². The lowest BCUT2D eigenvalue weighted by Gasteiger charge is -2.40. The number of ketones is 1. The van der Waals surface area contributed by atoms with Crippen LogP contribution >= 0.6 is 0 Å². The zero-order valence-corrected chi connectivity index (χ0v) is 20.8. The van der Waals surface area contributed by atoms with E-state index >= 15 is 0 Å². The Kier molecular flexibility index (Phi) is 8.78. The molecule has 0 bridgehead atoms. The lowest BCUT2D eigenvalue weighted by atomic mass is 9.90. The molecule has 27 heavy (non-hydrogen) atoms. The predicted molar refractivity (Wildman–Crippen MR) is 119 cm³/mol. The maximum atomic E-state index is 12.3. The van der Waals surface area contributed by atoms with Crippen LogP contribution in [0.4, 0.5) is 0 Å². The van der Waals surface area contributed by atoms with E-state index in [-0.39, 0.29) is 12.2 Å². The summed E-state index contributed by atoms with van der Waals surface area (Å²) >= 11 is 0. The summed E-state index contributed by atoms with van der Waals surface area (Å²) in [5.74, 6) is 1.50. The first-order valence-corrected chi connectivity index (χ1v) is 16.8. The van der Waals surface area contributed by atoms with Gasteiger partial charge in [0, 0.05) is 12.8 Å². The Morgan fingerprint density at radius 2 is 1.37 bits per heavy atom. The van der Waals surface area contributed by atoms with Crippen LogP contribution in [0.3, 0.4) is 0 Å². The van der Waals surface area contributed by atoms with E-state index in [4.69, 9.17) is 8.85 Å². The summed E-state index contributed by atoms with van der Waals surface area (Å²) in [5, 5.41) is 0. The number of hydrogen-bond acceptors (Lipinski definition) is 3. The van der Waals surface area contributed by atoms with Crippen molar-refractivity contribution in [3.63, 3.8) is 0 Å².